The van der Waals surface area contributed by atoms with E-state index in [4.69, 9.17) is 4.74 Å². The third-order valence-corrected chi connectivity index (χ3v) is 2.62. The fraction of sp³-hybridized carbons (Fsp3) is 0.636. The van der Waals surface area contributed by atoms with Crippen LogP contribution in [-0.4, -0.2) is 78.9 Å². The van der Waals surface area contributed by atoms with Crippen molar-refractivity contribution in [3.8, 4) is 0 Å². The standard InChI is InChI=1S/C11H17N3O5/c1-4-19-10(17)7-12(2)8(15)6-14-9(16)5-13(3)11(14)18/h4-7H2,1-3H3. The average molecular weight is 271 g/mol. The molecule has 0 aliphatic carbocycles. The first-order valence-corrected chi connectivity index (χ1v) is 5.81. The number of urea groups is 1. The first-order chi connectivity index (χ1) is 8.86. The van der Waals surface area contributed by atoms with Gasteiger partial charge in [-0.05, 0) is 6.92 Å². The molecule has 1 saturated heterocycles. The zero-order valence-electron chi connectivity index (χ0n) is 11.2. The molecule has 8 nitrogen and oxygen atoms in total. The van der Waals surface area contributed by atoms with Crippen molar-refractivity contribution in [1.29, 1.82) is 0 Å². The summed E-state index contributed by atoms with van der Waals surface area (Å²) in [4.78, 5) is 49.3. The number of hydrogen-bond acceptors (Lipinski definition) is 5. The Morgan fingerprint density at radius 1 is 1.37 bits per heavy atom. The van der Waals surface area contributed by atoms with Gasteiger partial charge in [0.15, 0.2) is 0 Å². The molecule has 0 aromatic rings. The van der Waals surface area contributed by atoms with Gasteiger partial charge in [0.25, 0.3) is 5.91 Å². The van der Waals surface area contributed by atoms with Gasteiger partial charge in [-0.2, -0.15) is 0 Å². The van der Waals surface area contributed by atoms with E-state index in [1.54, 1.807) is 6.92 Å². The molecule has 19 heavy (non-hydrogen) atoms. The Hall–Kier alpha value is -2.12. The minimum atomic E-state index is -0.533. The number of esters is 1. The second kappa shape index (κ2) is 6.17. The van der Waals surface area contributed by atoms with Crippen molar-refractivity contribution in [3.05, 3.63) is 0 Å². The fourth-order valence-electron chi connectivity index (χ4n) is 1.57. The molecule has 0 N–H and O–H groups in total. The Bertz CT molecular complexity index is 409. The van der Waals surface area contributed by atoms with E-state index in [1.165, 1.54) is 19.0 Å². The lowest BCUT2D eigenvalue weighted by Gasteiger charge is -2.19. The van der Waals surface area contributed by atoms with Crippen LogP contribution in [0.2, 0.25) is 0 Å². The number of carbonyl (C=O) groups excluding carboxylic acids is 4. The van der Waals surface area contributed by atoms with Gasteiger partial charge in [-0.1, -0.05) is 0 Å². The molecule has 0 saturated carbocycles. The van der Waals surface area contributed by atoms with Gasteiger partial charge in [-0.25, -0.2) is 4.79 Å². The highest BCUT2D eigenvalue weighted by molar-refractivity contribution is 6.04. The number of rotatable bonds is 5. The molecular weight excluding hydrogens is 254 g/mol. The molecule has 0 atom stereocenters. The van der Waals surface area contributed by atoms with Crippen molar-refractivity contribution in [1.82, 2.24) is 14.7 Å². The Balaban J connectivity index is 2.53. The van der Waals surface area contributed by atoms with Crippen LogP contribution in [0.4, 0.5) is 4.79 Å². The molecule has 0 unspecified atom stereocenters. The highest BCUT2D eigenvalue weighted by Gasteiger charge is 2.35. The zero-order chi connectivity index (χ0) is 14.6. The first-order valence-electron chi connectivity index (χ1n) is 5.81. The van der Waals surface area contributed by atoms with Gasteiger partial charge in [0.05, 0.1) is 6.61 Å². The zero-order valence-corrected chi connectivity index (χ0v) is 11.2. The Kier molecular flexibility index (Phi) is 4.85. The van der Waals surface area contributed by atoms with E-state index in [9.17, 15) is 19.2 Å². The molecule has 0 radical (unpaired) electrons. The van der Waals surface area contributed by atoms with Crippen LogP contribution in [-0.2, 0) is 19.1 Å². The molecule has 1 fully saturated rings. The van der Waals surface area contributed by atoms with Gasteiger partial charge in [-0.3, -0.25) is 19.3 Å². The van der Waals surface area contributed by atoms with Gasteiger partial charge in [0.1, 0.15) is 19.6 Å². The molecule has 0 aromatic carbocycles. The predicted octanol–water partition coefficient (Wildman–Crippen LogP) is -1.10. The van der Waals surface area contributed by atoms with E-state index in [1.807, 2.05) is 0 Å². The van der Waals surface area contributed by atoms with Crippen LogP contribution < -0.4 is 0 Å². The number of imide groups is 1. The van der Waals surface area contributed by atoms with Gasteiger partial charge >= 0.3 is 12.0 Å². The van der Waals surface area contributed by atoms with Crippen LogP contribution in [0.5, 0.6) is 0 Å². The van der Waals surface area contributed by atoms with Gasteiger partial charge < -0.3 is 14.5 Å². The first kappa shape index (κ1) is 14.9. The topological polar surface area (TPSA) is 87.2 Å². The SMILES string of the molecule is CCOC(=O)CN(C)C(=O)CN1C(=O)CN(C)C1=O. The molecule has 0 aromatic heterocycles. The summed E-state index contributed by atoms with van der Waals surface area (Å²) in [6, 6.07) is -0.511. The molecule has 0 spiro atoms. The summed E-state index contributed by atoms with van der Waals surface area (Å²) < 4.78 is 4.70. The third-order valence-electron chi connectivity index (χ3n) is 2.62. The number of amides is 4. The normalized spacial score (nSPS) is 14.9. The quantitative estimate of drug-likeness (QED) is 0.468. The van der Waals surface area contributed by atoms with Gasteiger partial charge in [0, 0.05) is 14.1 Å². The maximum atomic E-state index is 11.8. The average Bonchev–Trinajstić information content (AvgIpc) is 2.56. The van der Waals surface area contributed by atoms with Gasteiger partial charge in [0.2, 0.25) is 5.91 Å². The number of ether oxygens (including phenoxy) is 1. The second-order valence-electron chi connectivity index (χ2n) is 4.17. The summed E-state index contributed by atoms with van der Waals surface area (Å²) in [5, 5.41) is 0. The van der Waals surface area contributed by atoms with Crippen molar-refractivity contribution in [2.75, 3.05) is 40.3 Å². The fourth-order valence-corrected chi connectivity index (χ4v) is 1.57. The van der Waals surface area contributed by atoms with Crippen LogP contribution >= 0.6 is 0 Å². The Morgan fingerprint density at radius 2 is 2.00 bits per heavy atom. The molecule has 0 bridgehead atoms. The van der Waals surface area contributed by atoms with Crippen LogP contribution in [0.15, 0.2) is 0 Å². The predicted molar refractivity (Wildman–Crippen MR) is 64.0 cm³/mol. The summed E-state index contributed by atoms with van der Waals surface area (Å²) >= 11 is 0. The summed E-state index contributed by atoms with van der Waals surface area (Å²) in [5.41, 5.74) is 0. The van der Waals surface area contributed by atoms with Crippen LogP contribution in [0.1, 0.15) is 6.92 Å². The monoisotopic (exact) mass is 271 g/mol. The lowest BCUT2D eigenvalue weighted by molar-refractivity contribution is -0.148. The molecular formula is C11H17N3O5. The van der Waals surface area contributed by atoms with Crippen molar-refractivity contribution < 1.29 is 23.9 Å². The number of likely N-dealkylation sites (N-methyl/N-ethyl adjacent to an activating group) is 2. The van der Waals surface area contributed by atoms with Crippen molar-refractivity contribution in [2.24, 2.45) is 0 Å². The summed E-state index contributed by atoms with van der Waals surface area (Å²) in [7, 11) is 2.89. The smallest absolute Gasteiger partial charge is 0.327 e. The third kappa shape index (κ3) is 3.67. The number of hydrogen-bond donors (Lipinski definition) is 0. The van der Waals surface area contributed by atoms with E-state index >= 15 is 0 Å². The Morgan fingerprint density at radius 3 is 2.47 bits per heavy atom. The van der Waals surface area contributed by atoms with E-state index in [2.05, 4.69) is 0 Å². The minimum absolute atomic E-state index is 0.0340. The van der Waals surface area contributed by atoms with Crippen molar-refractivity contribution >= 4 is 23.8 Å². The lowest BCUT2D eigenvalue weighted by atomic mass is 10.4. The lowest BCUT2D eigenvalue weighted by Crippen LogP contribution is -2.43. The maximum absolute atomic E-state index is 11.8. The van der Waals surface area contributed by atoms with E-state index < -0.39 is 23.8 Å². The van der Waals surface area contributed by atoms with Crippen LogP contribution in [0.3, 0.4) is 0 Å². The van der Waals surface area contributed by atoms with Crippen molar-refractivity contribution in [3.63, 3.8) is 0 Å². The summed E-state index contributed by atoms with van der Waals surface area (Å²) in [5.74, 6) is -1.45. The van der Waals surface area contributed by atoms with Crippen LogP contribution in [0.25, 0.3) is 0 Å². The molecule has 106 valence electrons. The van der Waals surface area contributed by atoms with Crippen LogP contribution in [0, 0.1) is 0 Å². The molecule has 1 heterocycles. The number of nitrogens with zero attached hydrogens (tertiary/aromatic N) is 3. The molecule has 1 aliphatic rings. The number of carbonyl (C=O) groups is 4. The molecule has 1 aliphatic heterocycles. The van der Waals surface area contributed by atoms with Crippen molar-refractivity contribution in [2.45, 2.75) is 6.92 Å². The maximum Gasteiger partial charge on any atom is 0.327 e. The van der Waals surface area contributed by atoms with Gasteiger partial charge in [-0.15, -0.1) is 0 Å². The van der Waals surface area contributed by atoms with E-state index in [0.717, 1.165) is 9.80 Å². The minimum Gasteiger partial charge on any atom is -0.465 e. The second-order valence-corrected chi connectivity index (χ2v) is 4.17. The molecule has 8 heteroatoms. The highest BCUT2D eigenvalue weighted by atomic mass is 16.5. The largest absolute Gasteiger partial charge is 0.465 e. The Labute approximate surface area is 110 Å². The van der Waals surface area contributed by atoms with E-state index in [-0.39, 0.29) is 26.2 Å². The highest BCUT2D eigenvalue weighted by Crippen LogP contribution is 2.07. The van der Waals surface area contributed by atoms with E-state index in [0.29, 0.717) is 0 Å². The molecule has 4 amide bonds. The molecule has 1 rings (SSSR count). The summed E-state index contributed by atoms with van der Waals surface area (Å²) in [6.07, 6.45) is 0. The summed E-state index contributed by atoms with van der Waals surface area (Å²) in [6.45, 7) is 1.29.